The first kappa shape index (κ1) is 15.3. The Balaban J connectivity index is 2.03. The molecule has 0 atom stereocenters. The van der Waals surface area contributed by atoms with Crippen LogP contribution in [0, 0.1) is 0 Å². The van der Waals surface area contributed by atoms with Crippen LogP contribution in [0.2, 0.25) is 0 Å². The second kappa shape index (κ2) is 7.62. The van der Waals surface area contributed by atoms with Crippen molar-refractivity contribution in [1.29, 1.82) is 0 Å². The smallest absolute Gasteiger partial charge is 0.163 e. The summed E-state index contributed by atoms with van der Waals surface area (Å²) in [7, 11) is 0. The van der Waals surface area contributed by atoms with Gasteiger partial charge in [0.25, 0.3) is 0 Å². The number of benzene rings is 1. The monoisotopic (exact) mass is 289 g/mol. The highest BCUT2D eigenvalue weighted by Crippen LogP contribution is 2.30. The molecule has 2 aromatic rings. The third-order valence-corrected chi connectivity index (χ3v) is 3.08. The maximum absolute atomic E-state index is 5.68. The summed E-state index contributed by atoms with van der Waals surface area (Å²) in [6.07, 6.45) is 0.914. The number of ether oxygens (including phenoxy) is 2. The summed E-state index contributed by atoms with van der Waals surface area (Å²) in [6, 6.07) is 9.89. The van der Waals surface area contributed by atoms with Gasteiger partial charge in [-0.25, -0.2) is 0 Å². The van der Waals surface area contributed by atoms with E-state index in [9.17, 15) is 0 Å². The van der Waals surface area contributed by atoms with E-state index in [2.05, 4.69) is 12.2 Å². The van der Waals surface area contributed by atoms with Crippen molar-refractivity contribution in [2.45, 2.75) is 33.7 Å². The third-order valence-electron chi connectivity index (χ3n) is 3.08. The Kier molecular flexibility index (Phi) is 5.55. The molecule has 0 bridgehead atoms. The van der Waals surface area contributed by atoms with Crippen molar-refractivity contribution in [1.82, 2.24) is 0 Å². The number of rotatable bonds is 8. The van der Waals surface area contributed by atoms with Crippen LogP contribution in [0.3, 0.4) is 0 Å². The maximum atomic E-state index is 5.68. The first-order chi connectivity index (χ1) is 10.3. The molecule has 114 valence electrons. The van der Waals surface area contributed by atoms with E-state index in [0.29, 0.717) is 19.8 Å². The summed E-state index contributed by atoms with van der Waals surface area (Å²) in [4.78, 5) is 0. The van der Waals surface area contributed by atoms with Crippen LogP contribution >= 0.6 is 0 Å². The predicted molar refractivity (Wildman–Crippen MR) is 84.2 cm³/mol. The van der Waals surface area contributed by atoms with Crippen LogP contribution < -0.4 is 14.8 Å². The SMILES string of the molecule is CCOc1ccc(NCc2ccc(CC)o2)cc1OCC. The lowest BCUT2D eigenvalue weighted by Crippen LogP contribution is -2.01. The van der Waals surface area contributed by atoms with E-state index in [4.69, 9.17) is 13.9 Å². The topological polar surface area (TPSA) is 43.6 Å². The van der Waals surface area contributed by atoms with Gasteiger partial charge in [0.2, 0.25) is 0 Å². The van der Waals surface area contributed by atoms with Crippen molar-refractivity contribution < 1.29 is 13.9 Å². The minimum Gasteiger partial charge on any atom is -0.490 e. The summed E-state index contributed by atoms with van der Waals surface area (Å²) >= 11 is 0. The molecule has 4 heteroatoms. The van der Waals surface area contributed by atoms with Gasteiger partial charge in [0.15, 0.2) is 11.5 Å². The molecular weight excluding hydrogens is 266 g/mol. The van der Waals surface area contributed by atoms with Crippen molar-refractivity contribution in [3.63, 3.8) is 0 Å². The van der Waals surface area contributed by atoms with Gasteiger partial charge in [0.1, 0.15) is 11.5 Å². The zero-order valence-electron chi connectivity index (χ0n) is 12.9. The van der Waals surface area contributed by atoms with Crippen molar-refractivity contribution in [2.75, 3.05) is 18.5 Å². The van der Waals surface area contributed by atoms with Crippen LogP contribution in [0.15, 0.2) is 34.7 Å². The quantitative estimate of drug-likeness (QED) is 0.789. The third kappa shape index (κ3) is 4.18. The van der Waals surface area contributed by atoms with Gasteiger partial charge < -0.3 is 19.2 Å². The molecule has 4 nitrogen and oxygen atoms in total. The number of nitrogens with one attached hydrogen (secondary N) is 1. The van der Waals surface area contributed by atoms with Crippen LogP contribution in [0.1, 0.15) is 32.3 Å². The fraction of sp³-hybridized carbons (Fsp3) is 0.412. The molecule has 0 spiro atoms. The van der Waals surface area contributed by atoms with Crippen LogP contribution in [-0.4, -0.2) is 13.2 Å². The summed E-state index contributed by atoms with van der Waals surface area (Å²) in [5.41, 5.74) is 0.983. The van der Waals surface area contributed by atoms with E-state index in [1.807, 2.05) is 44.2 Å². The number of hydrogen-bond donors (Lipinski definition) is 1. The zero-order valence-corrected chi connectivity index (χ0v) is 12.9. The van der Waals surface area contributed by atoms with Crippen molar-refractivity contribution in [2.24, 2.45) is 0 Å². The Morgan fingerprint density at radius 1 is 0.905 bits per heavy atom. The van der Waals surface area contributed by atoms with Crippen molar-refractivity contribution in [3.8, 4) is 11.5 Å². The standard InChI is InChI=1S/C17H23NO3/c1-4-14-8-9-15(21-14)12-18-13-7-10-16(19-5-2)17(11-13)20-6-3/h7-11,18H,4-6,12H2,1-3H3. The van der Waals surface area contributed by atoms with Crippen LogP contribution in [0.25, 0.3) is 0 Å². The van der Waals surface area contributed by atoms with E-state index < -0.39 is 0 Å². The van der Waals surface area contributed by atoms with Gasteiger partial charge in [-0.15, -0.1) is 0 Å². The van der Waals surface area contributed by atoms with Crippen LogP contribution in [0.5, 0.6) is 11.5 Å². The van der Waals surface area contributed by atoms with E-state index >= 15 is 0 Å². The highest BCUT2D eigenvalue weighted by molar-refractivity contribution is 5.54. The lowest BCUT2D eigenvalue weighted by atomic mass is 10.2. The Bertz CT molecular complexity index is 563. The molecule has 0 fully saturated rings. The van der Waals surface area contributed by atoms with Gasteiger partial charge in [-0.1, -0.05) is 6.92 Å². The minimum atomic E-state index is 0.613. The molecule has 0 aliphatic carbocycles. The molecule has 1 N–H and O–H groups in total. The Morgan fingerprint density at radius 2 is 1.62 bits per heavy atom. The molecule has 0 saturated heterocycles. The normalized spacial score (nSPS) is 10.4. The minimum absolute atomic E-state index is 0.613. The molecule has 0 saturated carbocycles. The summed E-state index contributed by atoms with van der Waals surface area (Å²) in [5, 5.41) is 3.34. The Hall–Kier alpha value is -2.10. The second-order valence-electron chi connectivity index (χ2n) is 4.60. The van der Waals surface area contributed by atoms with Gasteiger partial charge in [-0.3, -0.25) is 0 Å². The molecule has 0 amide bonds. The second-order valence-corrected chi connectivity index (χ2v) is 4.60. The summed E-state index contributed by atoms with van der Waals surface area (Å²) in [5.74, 6) is 3.47. The molecular formula is C17H23NO3. The molecule has 21 heavy (non-hydrogen) atoms. The number of hydrogen-bond acceptors (Lipinski definition) is 4. The molecule has 0 radical (unpaired) electrons. The van der Waals surface area contributed by atoms with Crippen molar-refractivity contribution >= 4 is 5.69 Å². The average molecular weight is 289 g/mol. The van der Waals surface area contributed by atoms with Crippen molar-refractivity contribution in [3.05, 3.63) is 41.9 Å². The highest BCUT2D eigenvalue weighted by Gasteiger charge is 2.07. The van der Waals surface area contributed by atoms with Gasteiger partial charge in [-0.05, 0) is 38.1 Å². The van der Waals surface area contributed by atoms with Gasteiger partial charge >= 0.3 is 0 Å². The molecule has 1 aromatic carbocycles. The lowest BCUT2D eigenvalue weighted by molar-refractivity contribution is 0.288. The Labute approximate surface area is 126 Å². The summed E-state index contributed by atoms with van der Waals surface area (Å²) in [6.45, 7) is 7.89. The van der Waals surface area contributed by atoms with Gasteiger partial charge in [0.05, 0.1) is 19.8 Å². The molecule has 1 aromatic heterocycles. The molecule has 0 unspecified atom stereocenters. The molecule has 0 aliphatic heterocycles. The van der Waals surface area contributed by atoms with Crippen LogP contribution in [0.4, 0.5) is 5.69 Å². The highest BCUT2D eigenvalue weighted by atomic mass is 16.5. The van der Waals surface area contributed by atoms with Gasteiger partial charge in [-0.2, -0.15) is 0 Å². The Morgan fingerprint density at radius 3 is 2.29 bits per heavy atom. The largest absolute Gasteiger partial charge is 0.490 e. The average Bonchev–Trinajstić information content (AvgIpc) is 2.96. The number of furan rings is 1. The van der Waals surface area contributed by atoms with E-state index in [1.165, 1.54) is 0 Å². The predicted octanol–water partition coefficient (Wildman–Crippen LogP) is 4.25. The van der Waals surface area contributed by atoms with E-state index in [1.54, 1.807) is 0 Å². The van der Waals surface area contributed by atoms with E-state index in [-0.39, 0.29) is 0 Å². The molecule has 1 heterocycles. The lowest BCUT2D eigenvalue weighted by Gasteiger charge is -2.13. The molecule has 2 rings (SSSR count). The first-order valence-electron chi connectivity index (χ1n) is 7.47. The maximum Gasteiger partial charge on any atom is 0.163 e. The fourth-order valence-corrected chi connectivity index (χ4v) is 2.06. The van der Waals surface area contributed by atoms with Crippen LogP contribution in [-0.2, 0) is 13.0 Å². The summed E-state index contributed by atoms with van der Waals surface area (Å²) < 4.78 is 16.8. The fourth-order valence-electron chi connectivity index (χ4n) is 2.06. The van der Waals surface area contributed by atoms with Gasteiger partial charge in [0, 0.05) is 18.2 Å². The number of aryl methyl sites for hydroxylation is 1. The first-order valence-corrected chi connectivity index (χ1v) is 7.47. The zero-order chi connectivity index (χ0) is 15.1. The number of anilines is 1. The van der Waals surface area contributed by atoms with E-state index in [0.717, 1.165) is 35.1 Å². The molecule has 0 aliphatic rings.